The van der Waals surface area contributed by atoms with Gasteiger partial charge in [0.25, 0.3) is 5.91 Å². The zero-order chi connectivity index (χ0) is 17.0. The molecule has 1 fully saturated rings. The van der Waals surface area contributed by atoms with E-state index in [1.54, 1.807) is 0 Å². The van der Waals surface area contributed by atoms with Gasteiger partial charge in [0.15, 0.2) is 0 Å². The van der Waals surface area contributed by atoms with Crippen LogP contribution in [-0.4, -0.2) is 35.6 Å². The molecule has 2 aromatic carbocycles. The van der Waals surface area contributed by atoms with Crippen molar-refractivity contribution >= 4 is 5.91 Å². The van der Waals surface area contributed by atoms with Crippen LogP contribution in [0.1, 0.15) is 36.5 Å². The molecule has 0 atom stereocenters. The minimum atomic E-state index is 0.00788. The third kappa shape index (κ3) is 3.36. The summed E-state index contributed by atoms with van der Waals surface area (Å²) in [7, 11) is 0. The first-order chi connectivity index (χ1) is 11.7. The number of carbonyl (C=O) groups excluding carboxylic acids is 1. The van der Waals surface area contributed by atoms with E-state index < -0.39 is 0 Å². The standard InChI is InChI=1S/C21H25NO2/c1-2-21(16-23)12-14-22(15-13-21)20(24)19-10-8-18(9-11-19)17-6-4-3-5-7-17/h3-11,23H,2,12-16H2,1H3. The Morgan fingerprint density at radius 3 is 2.12 bits per heavy atom. The van der Waals surface area contributed by atoms with E-state index in [1.165, 1.54) is 0 Å². The van der Waals surface area contributed by atoms with Crippen molar-refractivity contribution in [1.29, 1.82) is 0 Å². The minimum absolute atomic E-state index is 0.00788. The van der Waals surface area contributed by atoms with Crippen LogP contribution in [0.25, 0.3) is 11.1 Å². The maximum Gasteiger partial charge on any atom is 0.253 e. The summed E-state index contributed by atoms with van der Waals surface area (Å²) in [5, 5.41) is 9.62. The first-order valence-corrected chi connectivity index (χ1v) is 8.73. The largest absolute Gasteiger partial charge is 0.396 e. The number of rotatable bonds is 4. The zero-order valence-corrected chi connectivity index (χ0v) is 14.2. The topological polar surface area (TPSA) is 40.5 Å². The number of amides is 1. The summed E-state index contributed by atoms with van der Waals surface area (Å²) in [6.07, 6.45) is 2.74. The van der Waals surface area contributed by atoms with Crippen molar-refractivity contribution in [3.63, 3.8) is 0 Å². The van der Waals surface area contributed by atoms with Crippen LogP contribution in [0.2, 0.25) is 0 Å². The molecule has 1 saturated heterocycles. The minimum Gasteiger partial charge on any atom is -0.396 e. The fourth-order valence-corrected chi connectivity index (χ4v) is 3.43. The van der Waals surface area contributed by atoms with Gasteiger partial charge in [-0.15, -0.1) is 0 Å². The lowest BCUT2D eigenvalue weighted by Gasteiger charge is -2.40. The third-order valence-corrected chi connectivity index (χ3v) is 5.44. The number of carbonyl (C=O) groups is 1. The zero-order valence-electron chi connectivity index (χ0n) is 14.2. The molecule has 1 aliphatic heterocycles. The predicted molar refractivity (Wildman–Crippen MR) is 96.8 cm³/mol. The lowest BCUT2D eigenvalue weighted by Crippen LogP contribution is -2.44. The Morgan fingerprint density at radius 1 is 1.00 bits per heavy atom. The van der Waals surface area contributed by atoms with Gasteiger partial charge >= 0.3 is 0 Å². The van der Waals surface area contributed by atoms with Gasteiger partial charge in [-0.05, 0) is 47.9 Å². The van der Waals surface area contributed by atoms with Crippen LogP contribution in [0.5, 0.6) is 0 Å². The van der Waals surface area contributed by atoms with E-state index in [9.17, 15) is 9.90 Å². The Morgan fingerprint density at radius 2 is 1.58 bits per heavy atom. The highest BCUT2D eigenvalue weighted by atomic mass is 16.3. The van der Waals surface area contributed by atoms with Crippen LogP contribution in [0, 0.1) is 5.41 Å². The lowest BCUT2D eigenvalue weighted by atomic mass is 9.77. The number of aliphatic hydroxyl groups is 1. The Bertz CT molecular complexity index is 665. The monoisotopic (exact) mass is 323 g/mol. The van der Waals surface area contributed by atoms with E-state index in [1.807, 2.05) is 47.4 Å². The van der Waals surface area contributed by atoms with Gasteiger partial charge in [0.05, 0.1) is 0 Å². The lowest BCUT2D eigenvalue weighted by molar-refractivity contribution is 0.0338. The molecule has 0 spiro atoms. The number of aliphatic hydroxyl groups excluding tert-OH is 1. The second-order valence-corrected chi connectivity index (χ2v) is 6.75. The molecule has 3 nitrogen and oxygen atoms in total. The molecule has 0 aliphatic carbocycles. The summed E-state index contributed by atoms with van der Waals surface area (Å²) < 4.78 is 0. The van der Waals surface area contributed by atoms with E-state index in [0.29, 0.717) is 0 Å². The molecular weight excluding hydrogens is 298 g/mol. The quantitative estimate of drug-likeness (QED) is 0.924. The molecule has 126 valence electrons. The van der Waals surface area contributed by atoms with E-state index in [0.717, 1.165) is 49.0 Å². The van der Waals surface area contributed by atoms with Crippen molar-refractivity contribution < 1.29 is 9.90 Å². The molecule has 24 heavy (non-hydrogen) atoms. The first kappa shape index (κ1) is 16.7. The third-order valence-electron chi connectivity index (χ3n) is 5.44. The first-order valence-electron chi connectivity index (χ1n) is 8.73. The molecule has 1 heterocycles. The fourth-order valence-electron chi connectivity index (χ4n) is 3.43. The number of piperidine rings is 1. The van der Waals surface area contributed by atoms with Crippen molar-refractivity contribution in [2.45, 2.75) is 26.2 Å². The van der Waals surface area contributed by atoms with Gasteiger partial charge in [-0.3, -0.25) is 4.79 Å². The van der Waals surface area contributed by atoms with E-state index in [2.05, 4.69) is 19.1 Å². The summed E-state index contributed by atoms with van der Waals surface area (Å²) in [5.74, 6) is 0.0947. The van der Waals surface area contributed by atoms with Crippen molar-refractivity contribution in [2.75, 3.05) is 19.7 Å². The van der Waals surface area contributed by atoms with Gasteiger partial charge in [0.1, 0.15) is 0 Å². The van der Waals surface area contributed by atoms with Crippen LogP contribution in [-0.2, 0) is 0 Å². The highest BCUT2D eigenvalue weighted by molar-refractivity contribution is 5.94. The van der Waals surface area contributed by atoms with Crippen LogP contribution in [0.15, 0.2) is 54.6 Å². The molecule has 0 radical (unpaired) electrons. The molecule has 1 N–H and O–H groups in total. The average Bonchev–Trinajstić information content (AvgIpc) is 2.68. The van der Waals surface area contributed by atoms with E-state index in [-0.39, 0.29) is 17.9 Å². The van der Waals surface area contributed by atoms with Gasteiger partial charge in [-0.1, -0.05) is 49.4 Å². The molecule has 0 aromatic heterocycles. The highest BCUT2D eigenvalue weighted by Crippen LogP contribution is 2.34. The molecule has 0 unspecified atom stereocenters. The van der Waals surface area contributed by atoms with Crippen LogP contribution < -0.4 is 0 Å². The number of nitrogens with zero attached hydrogens (tertiary/aromatic N) is 1. The molecule has 3 heteroatoms. The number of hydrogen-bond acceptors (Lipinski definition) is 2. The maximum absolute atomic E-state index is 12.7. The Labute approximate surface area is 143 Å². The van der Waals surface area contributed by atoms with E-state index in [4.69, 9.17) is 0 Å². The number of hydrogen-bond donors (Lipinski definition) is 1. The van der Waals surface area contributed by atoms with Crippen LogP contribution >= 0.6 is 0 Å². The molecular formula is C21H25NO2. The van der Waals surface area contributed by atoms with Crippen LogP contribution in [0.3, 0.4) is 0 Å². The number of benzene rings is 2. The number of likely N-dealkylation sites (tertiary alicyclic amines) is 1. The molecule has 2 aromatic rings. The summed E-state index contributed by atoms with van der Waals surface area (Å²) >= 11 is 0. The molecule has 0 bridgehead atoms. The normalized spacial score (nSPS) is 16.8. The second-order valence-electron chi connectivity index (χ2n) is 6.75. The van der Waals surface area contributed by atoms with Crippen molar-refractivity contribution in [3.8, 4) is 11.1 Å². The Hall–Kier alpha value is -2.13. The molecule has 3 rings (SSSR count). The summed E-state index contributed by atoms with van der Waals surface area (Å²) in [6.45, 7) is 3.80. The van der Waals surface area contributed by atoms with Gasteiger partial charge < -0.3 is 10.0 Å². The maximum atomic E-state index is 12.7. The predicted octanol–water partition coefficient (Wildman–Crippen LogP) is 3.98. The van der Waals surface area contributed by atoms with Crippen molar-refractivity contribution in [2.24, 2.45) is 5.41 Å². The van der Waals surface area contributed by atoms with Crippen LogP contribution in [0.4, 0.5) is 0 Å². The molecule has 1 amide bonds. The van der Waals surface area contributed by atoms with Crippen molar-refractivity contribution in [3.05, 3.63) is 60.2 Å². The summed E-state index contributed by atoms with van der Waals surface area (Å²) in [6, 6.07) is 18.0. The average molecular weight is 323 g/mol. The van der Waals surface area contributed by atoms with Gasteiger partial charge in [-0.2, -0.15) is 0 Å². The summed E-state index contributed by atoms with van der Waals surface area (Å²) in [4.78, 5) is 14.6. The highest BCUT2D eigenvalue weighted by Gasteiger charge is 2.34. The Balaban J connectivity index is 1.68. The molecule has 1 aliphatic rings. The summed E-state index contributed by atoms with van der Waals surface area (Å²) in [5.41, 5.74) is 3.03. The SMILES string of the molecule is CCC1(CO)CCN(C(=O)c2ccc(-c3ccccc3)cc2)CC1. The Kier molecular flexibility index (Phi) is 5.00. The fraction of sp³-hybridized carbons (Fsp3) is 0.381. The van der Waals surface area contributed by atoms with Gasteiger partial charge in [0, 0.05) is 25.3 Å². The van der Waals surface area contributed by atoms with E-state index >= 15 is 0 Å². The molecule has 0 saturated carbocycles. The second kappa shape index (κ2) is 7.18. The smallest absolute Gasteiger partial charge is 0.253 e. The van der Waals surface area contributed by atoms with Crippen molar-refractivity contribution in [1.82, 2.24) is 4.90 Å². The van der Waals surface area contributed by atoms with Gasteiger partial charge in [-0.25, -0.2) is 0 Å². The van der Waals surface area contributed by atoms with Gasteiger partial charge in [0.2, 0.25) is 0 Å².